The Labute approximate surface area is 106 Å². The minimum atomic E-state index is 0.415. The molecule has 100 valence electrons. The lowest BCUT2D eigenvalue weighted by Gasteiger charge is -2.44. The molecule has 1 saturated heterocycles. The predicted octanol–water partition coefficient (Wildman–Crippen LogP) is 1.67. The highest BCUT2D eigenvalue weighted by molar-refractivity contribution is 4.89. The number of hydrogen-bond acceptors (Lipinski definition) is 3. The zero-order valence-electron chi connectivity index (χ0n) is 11.6. The van der Waals surface area contributed by atoms with Crippen molar-refractivity contribution < 1.29 is 0 Å². The first-order valence-electron chi connectivity index (χ1n) is 7.42. The predicted molar refractivity (Wildman–Crippen MR) is 73.1 cm³/mol. The first-order chi connectivity index (χ1) is 8.22. The Balaban J connectivity index is 1.96. The maximum absolute atomic E-state index is 6.38. The Morgan fingerprint density at radius 2 is 1.88 bits per heavy atom. The Morgan fingerprint density at radius 1 is 1.12 bits per heavy atom. The number of likely N-dealkylation sites (N-methyl/N-ethyl adjacent to an activating group) is 1. The van der Waals surface area contributed by atoms with Gasteiger partial charge in [0.15, 0.2) is 0 Å². The van der Waals surface area contributed by atoms with Crippen LogP contribution in [-0.2, 0) is 0 Å². The van der Waals surface area contributed by atoms with Gasteiger partial charge < -0.3 is 10.6 Å². The maximum Gasteiger partial charge on any atom is 0.0248 e. The summed E-state index contributed by atoms with van der Waals surface area (Å²) >= 11 is 0. The van der Waals surface area contributed by atoms with Crippen LogP contribution in [0.2, 0.25) is 0 Å². The molecular formula is C14H29N3. The van der Waals surface area contributed by atoms with Gasteiger partial charge in [-0.3, -0.25) is 4.90 Å². The lowest BCUT2D eigenvalue weighted by Crippen LogP contribution is -2.58. The molecule has 1 saturated carbocycles. The molecule has 3 nitrogen and oxygen atoms in total. The Bertz CT molecular complexity index is 232. The highest BCUT2D eigenvalue weighted by atomic mass is 15.3. The van der Waals surface area contributed by atoms with Crippen molar-refractivity contribution in [2.75, 3.05) is 26.7 Å². The van der Waals surface area contributed by atoms with Gasteiger partial charge in [-0.05, 0) is 26.3 Å². The van der Waals surface area contributed by atoms with E-state index in [1.165, 1.54) is 58.2 Å². The van der Waals surface area contributed by atoms with E-state index in [4.69, 9.17) is 5.73 Å². The molecule has 0 bridgehead atoms. The van der Waals surface area contributed by atoms with Crippen molar-refractivity contribution in [1.82, 2.24) is 9.80 Å². The molecule has 3 unspecified atom stereocenters. The van der Waals surface area contributed by atoms with E-state index < -0.39 is 0 Å². The molecule has 3 atom stereocenters. The SMILES string of the molecule is CCC1CN(C2CCCCCC2N)CCN1C. The van der Waals surface area contributed by atoms with E-state index in [0.717, 1.165) is 6.04 Å². The molecule has 1 heterocycles. The van der Waals surface area contributed by atoms with Gasteiger partial charge in [0.25, 0.3) is 0 Å². The van der Waals surface area contributed by atoms with E-state index in [2.05, 4.69) is 23.8 Å². The lowest BCUT2D eigenvalue weighted by atomic mass is 9.99. The summed E-state index contributed by atoms with van der Waals surface area (Å²) in [7, 11) is 2.26. The van der Waals surface area contributed by atoms with Gasteiger partial charge in [-0.25, -0.2) is 0 Å². The Morgan fingerprint density at radius 3 is 2.65 bits per heavy atom. The summed E-state index contributed by atoms with van der Waals surface area (Å²) in [4.78, 5) is 5.20. The second-order valence-electron chi connectivity index (χ2n) is 5.91. The summed E-state index contributed by atoms with van der Waals surface area (Å²) in [5, 5.41) is 0. The number of nitrogens with zero attached hydrogens (tertiary/aromatic N) is 2. The van der Waals surface area contributed by atoms with E-state index in [1.54, 1.807) is 0 Å². The Kier molecular flexibility index (Phi) is 4.83. The standard InChI is InChI=1S/C14H29N3/c1-3-12-11-17(10-9-16(12)2)14-8-6-4-5-7-13(14)15/h12-14H,3-11,15H2,1-2H3. The second kappa shape index (κ2) is 6.17. The molecule has 3 heteroatoms. The van der Waals surface area contributed by atoms with Crippen LogP contribution in [0.15, 0.2) is 0 Å². The van der Waals surface area contributed by atoms with Gasteiger partial charge in [0.2, 0.25) is 0 Å². The van der Waals surface area contributed by atoms with Crippen molar-refractivity contribution in [2.24, 2.45) is 5.73 Å². The molecule has 17 heavy (non-hydrogen) atoms. The van der Waals surface area contributed by atoms with Crippen LogP contribution in [0.1, 0.15) is 45.4 Å². The zero-order chi connectivity index (χ0) is 12.3. The summed E-state index contributed by atoms with van der Waals surface area (Å²) < 4.78 is 0. The molecule has 1 aliphatic heterocycles. The topological polar surface area (TPSA) is 32.5 Å². The van der Waals surface area contributed by atoms with Crippen molar-refractivity contribution in [2.45, 2.75) is 63.6 Å². The summed E-state index contributed by atoms with van der Waals surface area (Å²) in [6.07, 6.45) is 7.91. The Hall–Kier alpha value is -0.120. The molecule has 0 aromatic carbocycles. The fraction of sp³-hybridized carbons (Fsp3) is 1.00. The molecular weight excluding hydrogens is 210 g/mol. The van der Waals surface area contributed by atoms with Gasteiger partial charge in [0, 0.05) is 37.8 Å². The molecule has 2 aliphatic rings. The van der Waals surface area contributed by atoms with Gasteiger partial charge in [-0.15, -0.1) is 0 Å². The van der Waals surface area contributed by atoms with E-state index in [1.807, 2.05) is 0 Å². The van der Waals surface area contributed by atoms with Crippen LogP contribution in [0.5, 0.6) is 0 Å². The van der Waals surface area contributed by atoms with E-state index >= 15 is 0 Å². The van der Waals surface area contributed by atoms with Crippen molar-refractivity contribution in [3.8, 4) is 0 Å². The maximum atomic E-state index is 6.38. The number of piperazine rings is 1. The number of hydrogen-bond donors (Lipinski definition) is 1. The van der Waals surface area contributed by atoms with E-state index in [9.17, 15) is 0 Å². The first-order valence-corrected chi connectivity index (χ1v) is 7.42. The second-order valence-corrected chi connectivity index (χ2v) is 5.91. The average molecular weight is 239 g/mol. The first kappa shape index (κ1) is 13.3. The average Bonchev–Trinajstić information content (AvgIpc) is 2.55. The summed E-state index contributed by atoms with van der Waals surface area (Å²) in [5.41, 5.74) is 6.38. The van der Waals surface area contributed by atoms with Crippen LogP contribution in [0.25, 0.3) is 0 Å². The lowest BCUT2D eigenvalue weighted by molar-refractivity contribution is 0.0510. The van der Waals surface area contributed by atoms with Gasteiger partial charge >= 0.3 is 0 Å². The highest BCUT2D eigenvalue weighted by Crippen LogP contribution is 2.24. The number of rotatable bonds is 2. The summed E-state index contributed by atoms with van der Waals surface area (Å²) in [6, 6.07) is 1.80. The smallest absolute Gasteiger partial charge is 0.0248 e. The highest BCUT2D eigenvalue weighted by Gasteiger charge is 2.31. The van der Waals surface area contributed by atoms with Crippen LogP contribution in [0.3, 0.4) is 0 Å². The van der Waals surface area contributed by atoms with Crippen LogP contribution in [-0.4, -0.2) is 54.6 Å². The van der Waals surface area contributed by atoms with Crippen molar-refractivity contribution in [1.29, 1.82) is 0 Å². The largest absolute Gasteiger partial charge is 0.326 e. The molecule has 0 amide bonds. The van der Waals surface area contributed by atoms with Crippen molar-refractivity contribution in [3.05, 3.63) is 0 Å². The van der Waals surface area contributed by atoms with Gasteiger partial charge in [0.1, 0.15) is 0 Å². The fourth-order valence-electron chi connectivity index (χ4n) is 3.48. The molecule has 0 aromatic heterocycles. The van der Waals surface area contributed by atoms with Crippen LogP contribution >= 0.6 is 0 Å². The third-order valence-corrected chi connectivity index (χ3v) is 4.78. The van der Waals surface area contributed by atoms with Crippen molar-refractivity contribution >= 4 is 0 Å². The quantitative estimate of drug-likeness (QED) is 0.744. The molecule has 2 N–H and O–H groups in total. The number of nitrogens with two attached hydrogens (primary N) is 1. The molecule has 0 aromatic rings. The molecule has 0 spiro atoms. The third kappa shape index (κ3) is 3.21. The molecule has 1 aliphatic carbocycles. The zero-order valence-corrected chi connectivity index (χ0v) is 11.6. The minimum Gasteiger partial charge on any atom is -0.326 e. The van der Waals surface area contributed by atoms with Crippen LogP contribution < -0.4 is 5.73 Å². The molecule has 2 fully saturated rings. The fourth-order valence-corrected chi connectivity index (χ4v) is 3.48. The third-order valence-electron chi connectivity index (χ3n) is 4.78. The normalized spacial score (nSPS) is 37.9. The summed E-state index contributed by atoms with van der Waals surface area (Å²) in [5.74, 6) is 0. The van der Waals surface area contributed by atoms with Crippen LogP contribution in [0, 0.1) is 0 Å². The molecule has 2 rings (SSSR count). The minimum absolute atomic E-state index is 0.415. The molecule has 0 radical (unpaired) electrons. The van der Waals surface area contributed by atoms with E-state index in [-0.39, 0.29) is 0 Å². The van der Waals surface area contributed by atoms with Gasteiger partial charge in [-0.2, -0.15) is 0 Å². The van der Waals surface area contributed by atoms with Crippen molar-refractivity contribution in [3.63, 3.8) is 0 Å². The van der Waals surface area contributed by atoms with Gasteiger partial charge in [0.05, 0.1) is 0 Å². The monoisotopic (exact) mass is 239 g/mol. The van der Waals surface area contributed by atoms with Gasteiger partial charge in [-0.1, -0.05) is 26.2 Å². The summed E-state index contributed by atoms with van der Waals surface area (Å²) in [6.45, 7) is 5.95. The van der Waals surface area contributed by atoms with E-state index in [0.29, 0.717) is 12.1 Å². The van der Waals surface area contributed by atoms with Crippen LogP contribution in [0.4, 0.5) is 0 Å².